The minimum absolute atomic E-state index is 0.206. The number of hydrogen-bond donors (Lipinski definition) is 3. The van der Waals surface area contributed by atoms with Crippen molar-refractivity contribution in [1.82, 2.24) is 0 Å². The van der Waals surface area contributed by atoms with Gasteiger partial charge in [0.05, 0.1) is 22.4 Å². The Hall–Kier alpha value is -7.01. The molecule has 3 N–H and O–H groups in total. The molecule has 0 bridgehead atoms. The van der Waals surface area contributed by atoms with Crippen LogP contribution < -0.4 is 16.0 Å². The van der Waals surface area contributed by atoms with Crippen LogP contribution in [0.25, 0.3) is 0 Å². The molecule has 6 rings (SSSR count). The van der Waals surface area contributed by atoms with Gasteiger partial charge in [-0.15, -0.1) is 0 Å². The second kappa shape index (κ2) is 23.6. The van der Waals surface area contributed by atoms with Crippen molar-refractivity contribution in [1.29, 1.82) is 0 Å². The second-order valence-electron chi connectivity index (χ2n) is 18.0. The fourth-order valence-electron chi connectivity index (χ4n) is 5.64. The summed E-state index contributed by atoms with van der Waals surface area (Å²) < 4.78 is 42.8. The number of rotatable bonds is 12. The molecule has 0 aliphatic carbocycles. The van der Waals surface area contributed by atoms with Gasteiger partial charge in [-0.25, -0.2) is 23.2 Å². The molecule has 0 aliphatic rings. The Labute approximate surface area is 382 Å². The van der Waals surface area contributed by atoms with Crippen LogP contribution in [0, 0.1) is 11.6 Å². The van der Waals surface area contributed by atoms with Crippen LogP contribution in [0.1, 0.15) is 110 Å². The Balaban J connectivity index is 0.000000213. The van der Waals surface area contributed by atoms with E-state index in [-0.39, 0.29) is 23.3 Å². The topological polar surface area (TPSA) is 115 Å². The zero-order valence-corrected chi connectivity index (χ0v) is 38.8. The van der Waals surface area contributed by atoms with Gasteiger partial charge in [0.15, 0.2) is 0 Å². The minimum Gasteiger partial charge on any atom is -0.456 e. The van der Waals surface area contributed by atoms with Crippen molar-refractivity contribution in [3.8, 4) is 0 Å². The quantitative estimate of drug-likeness (QED) is 0.0816. The van der Waals surface area contributed by atoms with Gasteiger partial charge in [-0.05, 0) is 158 Å². The monoisotopic (exact) mass is 885 g/mol. The Morgan fingerprint density at radius 1 is 0.415 bits per heavy atom. The maximum absolute atomic E-state index is 14.1. The summed E-state index contributed by atoms with van der Waals surface area (Å²) in [7, 11) is 0. The summed E-state index contributed by atoms with van der Waals surface area (Å²) in [5.41, 5.74) is 5.19. The van der Waals surface area contributed by atoms with E-state index in [2.05, 4.69) is 28.1 Å². The molecular formula is C54H61F2N3O6. The number of ether oxygens (including phenoxy) is 3. The summed E-state index contributed by atoms with van der Waals surface area (Å²) in [4.78, 5) is 35.7. The summed E-state index contributed by atoms with van der Waals surface area (Å²) in [6, 6.07) is 45.0. The summed E-state index contributed by atoms with van der Waals surface area (Å²) in [6.45, 7) is 18.3. The number of esters is 3. The molecular weight excluding hydrogens is 825 g/mol. The van der Waals surface area contributed by atoms with Gasteiger partial charge in [0, 0.05) is 31.0 Å². The first-order valence-corrected chi connectivity index (χ1v) is 21.4. The first kappa shape index (κ1) is 50.6. The zero-order valence-electron chi connectivity index (χ0n) is 38.8. The Morgan fingerprint density at radius 3 is 1.12 bits per heavy atom. The zero-order chi connectivity index (χ0) is 47.6. The van der Waals surface area contributed by atoms with E-state index < -0.39 is 28.6 Å². The van der Waals surface area contributed by atoms with E-state index in [0.29, 0.717) is 29.9 Å². The Morgan fingerprint density at radius 2 is 0.754 bits per heavy atom. The molecule has 0 spiro atoms. The van der Waals surface area contributed by atoms with Crippen LogP contribution in [0.4, 0.5) is 25.8 Å². The molecule has 0 saturated carbocycles. The summed E-state index contributed by atoms with van der Waals surface area (Å²) >= 11 is 0. The average Bonchev–Trinajstić information content (AvgIpc) is 3.25. The number of nitrogens with one attached hydrogen (secondary N) is 3. The number of carbonyl (C=O) groups is 3. The van der Waals surface area contributed by atoms with Crippen LogP contribution in [0.2, 0.25) is 0 Å². The lowest BCUT2D eigenvalue weighted by atomic mass is 10.1. The van der Waals surface area contributed by atoms with Crippen molar-refractivity contribution >= 4 is 35.0 Å². The fraction of sp³-hybridized carbons (Fsp3) is 0.278. The molecule has 342 valence electrons. The molecule has 0 heterocycles. The first-order chi connectivity index (χ1) is 30.6. The van der Waals surface area contributed by atoms with Crippen LogP contribution in [-0.4, -0.2) is 34.7 Å². The largest absolute Gasteiger partial charge is 0.456 e. The maximum atomic E-state index is 14.1. The van der Waals surface area contributed by atoms with Gasteiger partial charge in [-0.3, -0.25) is 0 Å². The molecule has 0 saturated heterocycles. The highest BCUT2D eigenvalue weighted by molar-refractivity contribution is 5.91. The lowest BCUT2D eigenvalue weighted by Crippen LogP contribution is -2.24. The number of hydrogen-bond acceptors (Lipinski definition) is 9. The summed E-state index contributed by atoms with van der Waals surface area (Å²) in [5, 5.41) is 9.56. The molecule has 9 nitrogen and oxygen atoms in total. The third kappa shape index (κ3) is 19.5. The van der Waals surface area contributed by atoms with Crippen molar-refractivity contribution in [3.63, 3.8) is 0 Å². The molecule has 11 heteroatoms. The predicted molar refractivity (Wildman–Crippen MR) is 256 cm³/mol. The van der Waals surface area contributed by atoms with Crippen molar-refractivity contribution in [2.24, 2.45) is 0 Å². The van der Waals surface area contributed by atoms with Crippen LogP contribution in [0.5, 0.6) is 0 Å². The standard InChI is InChI=1S/2C18H20FNO2.C18H21NO2/c1-18(2,3)22-17(21)14-6-10-16(11-7-14)20-12-13-4-8-15(19)9-5-13;1-18(2,3)22-17(21)14-9-10-16(15(19)11-14)20-12-13-7-5-4-6-8-13;1-18(2,3)21-17(20)15-9-11-16(12-10-15)19-13-14-7-5-4-6-8-14/h2*4-11,20H,12H2,1-3H3;4-12,19H,13H2,1-3H3. The lowest BCUT2D eigenvalue weighted by Gasteiger charge is -2.19. The van der Waals surface area contributed by atoms with E-state index in [9.17, 15) is 23.2 Å². The van der Waals surface area contributed by atoms with Gasteiger partial charge in [0.2, 0.25) is 0 Å². The molecule has 0 unspecified atom stereocenters. The molecule has 0 radical (unpaired) electrons. The van der Waals surface area contributed by atoms with Gasteiger partial charge in [-0.1, -0.05) is 72.8 Å². The average molecular weight is 886 g/mol. The smallest absolute Gasteiger partial charge is 0.338 e. The van der Waals surface area contributed by atoms with Gasteiger partial charge in [-0.2, -0.15) is 0 Å². The molecule has 0 atom stereocenters. The van der Waals surface area contributed by atoms with Crippen molar-refractivity contribution in [2.75, 3.05) is 16.0 Å². The van der Waals surface area contributed by atoms with Crippen LogP contribution in [0.15, 0.2) is 152 Å². The second-order valence-corrected chi connectivity index (χ2v) is 18.0. The van der Waals surface area contributed by atoms with E-state index in [0.717, 1.165) is 29.0 Å². The fourth-order valence-corrected chi connectivity index (χ4v) is 5.64. The van der Waals surface area contributed by atoms with Crippen molar-refractivity contribution in [3.05, 3.63) is 197 Å². The molecule has 0 aliphatic heterocycles. The van der Waals surface area contributed by atoms with Gasteiger partial charge < -0.3 is 30.2 Å². The van der Waals surface area contributed by atoms with Gasteiger partial charge >= 0.3 is 17.9 Å². The number of anilines is 3. The van der Waals surface area contributed by atoms with E-state index in [4.69, 9.17) is 14.2 Å². The van der Waals surface area contributed by atoms with Crippen molar-refractivity contribution < 1.29 is 37.4 Å². The van der Waals surface area contributed by atoms with Gasteiger partial charge in [0.25, 0.3) is 0 Å². The predicted octanol–water partition coefficient (Wildman–Crippen LogP) is 13.0. The highest BCUT2D eigenvalue weighted by Gasteiger charge is 2.20. The highest BCUT2D eigenvalue weighted by atomic mass is 19.1. The molecule has 0 aromatic heterocycles. The minimum atomic E-state index is -0.599. The number of benzene rings is 6. The maximum Gasteiger partial charge on any atom is 0.338 e. The first-order valence-electron chi connectivity index (χ1n) is 21.4. The van der Waals surface area contributed by atoms with Crippen molar-refractivity contribution in [2.45, 2.75) is 98.8 Å². The van der Waals surface area contributed by atoms with Gasteiger partial charge in [0.1, 0.15) is 28.4 Å². The van der Waals surface area contributed by atoms with E-state index >= 15 is 0 Å². The summed E-state index contributed by atoms with van der Waals surface area (Å²) in [5.74, 6) is -1.87. The van der Waals surface area contributed by atoms with E-state index in [1.807, 2.05) is 114 Å². The number of halogens is 2. The Kier molecular flexibility index (Phi) is 18.4. The van der Waals surface area contributed by atoms with Crippen LogP contribution in [-0.2, 0) is 33.8 Å². The van der Waals surface area contributed by atoms with E-state index in [1.54, 1.807) is 69.3 Å². The molecule has 0 fully saturated rings. The number of carbonyl (C=O) groups excluding carboxylic acids is 3. The molecule has 65 heavy (non-hydrogen) atoms. The molecule has 6 aromatic carbocycles. The van der Waals surface area contributed by atoms with Crippen LogP contribution in [0.3, 0.4) is 0 Å². The third-order valence-corrected chi connectivity index (χ3v) is 8.72. The summed E-state index contributed by atoms with van der Waals surface area (Å²) in [6.07, 6.45) is 0. The third-order valence-electron chi connectivity index (χ3n) is 8.72. The van der Waals surface area contributed by atoms with E-state index in [1.165, 1.54) is 23.8 Å². The highest BCUT2D eigenvalue weighted by Crippen LogP contribution is 2.21. The Bertz CT molecular complexity index is 2410. The molecule has 6 aromatic rings. The van der Waals surface area contributed by atoms with Crippen LogP contribution >= 0.6 is 0 Å². The lowest BCUT2D eigenvalue weighted by molar-refractivity contribution is 0.00568. The normalized spacial score (nSPS) is 11.1. The SMILES string of the molecule is CC(C)(C)OC(=O)c1ccc(NCc2ccc(F)cc2)cc1.CC(C)(C)OC(=O)c1ccc(NCc2ccccc2)c(F)c1.CC(C)(C)OC(=O)c1ccc(NCc2ccccc2)cc1. The molecule has 0 amide bonds.